The lowest BCUT2D eigenvalue weighted by Crippen LogP contribution is -2.10. The van der Waals surface area contributed by atoms with E-state index in [1.54, 1.807) is 0 Å². The maximum Gasteiger partial charge on any atom is 0.143 e. The van der Waals surface area contributed by atoms with Crippen LogP contribution in [0.5, 0.6) is 0 Å². The van der Waals surface area contributed by atoms with Gasteiger partial charge in [0, 0.05) is 47.7 Å². The summed E-state index contributed by atoms with van der Waals surface area (Å²) in [4.78, 5) is 2.40. The van der Waals surface area contributed by atoms with Gasteiger partial charge in [0.15, 0.2) is 0 Å². The van der Waals surface area contributed by atoms with Crippen molar-refractivity contribution in [2.75, 3.05) is 4.90 Å². The summed E-state index contributed by atoms with van der Waals surface area (Å²) in [5, 5.41) is 7.13. The van der Waals surface area contributed by atoms with Crippen molar-refractivity contribution < 1.29 is 4.42 Å². The highest BCUT2D eigenvalue weighted by atomic mass is 32.1. The minimum absolute atomic E-state index is 0.897. The molecule has 0 unspecified atom stereocenters. The van der Waals surface area contributed by atoms with Gasteiger partial charge in [0.1, 0.15) is 11.2 Å². The van der Waals surface area contributed by atoms with Crippen LogP contribution in [0.25, 0.3) is 64.0 Å². The fourth-order valence-corrected chi connectivity index (χ4v) is 7.56. The number of benzene rings is 7. The Morgan fingerprint density at radius 3 is 2.07 bits per heavy atom. The van der Waals surface area contributed by atoms with Crippen molar-refractivity contribution in [1.29, 1.82) is 0 Å². The van der Waals surface area contributed by atoms with Crippen molar-refractivity contribution in [3.63, 3.8) is 0 Å². The molecule has 0 fully saturated rings. The van der Waals surface area contributed by atoms with Crippen LogP contribution in [0.4, 0.5) is 17.1 Å². The molecular weight excluding hydrogens is 543 g/mol. The van der Waals surface area contributed by atoms with Crippen molar-refractivity contribution in [3.8, 4) is 11.1 Å². The molecule has 0 amide bonds. The molecule has 0 aliphatic rings. The number of fused-ring (bicyclic) bond motifs is 8. The zero-order valence-electron chi connectivity index (χ0n) is 23.2. The van der Waals surface area contributed by atoms with Gasteiger partial charge in [-0.15, -0.1) is 11.3 Å². The number of hydrogen-bond donors (Lipinski definition) is 0. The predicted molar refractivity (Wildman–Crippen MR) is 184 cm³/mol. The smallest absolute Gasteiger partial charge is 0.143 e. The van der Waals surface area contributed by atoms with Gasteiger partial charge in [0.05, 0.1) is 5.69 Å². The molecule has 9 rings (SSSR count). The Morgan fingerprint density at radius 2 is 1.19 bits per heavy atom. The number of nitrogens with zero attached hydrogens (tertiary/aromatic N) is 1. The fourth-order valence-electron chi connectivity index (χ4n) is 6.43. The second kappa shape index (κ2) is 9.59. The molecule has 2 aromatic heterocycles. The Labute approximate surface area is 252 Å². The van der Waals surface area contributed by atoms with Gasteiger partial charge in [-0.2, -0.15) is 0 Å². The molecule has 0 radical (unpaired) electrons. The van der Waals surface area contributed by atoms with Crippen LogP contribution < -0.4 is 4.90 Å². The van der Waals surface area contributed by atoms with Gasteiger partial charge < -0.3 is 9.32 Å². The van der Waals surface area contributed by atoms with Crippen molar-refractivity contribution in [2.24, 2.45) is 0 Å². The molecule has 0 spiro atoms. The van der Waals surface area contributed by atoms with E-state index in [0.29, 0.717) is 0 Å². The number of anilines is 3. The minimum Gasteiger partial charge on any atom is -0.455 e. The molecule has 2 heterocycles. The molecule has 9 aromatic rings. The maximum atomic E-state index is 6.48. The van der Waals surface area contributed by atoms with Crippen molar-refractivity contribution >= 4 is 81.3 Å². The Balaban J connectivity index is 1.29. The normalized spacial score (nSPS) is 11.7. The standard InChI is InChI=1S/C40H25NOS/c1-2-9-26(10-3-1)27-17-20-29(21-18-27)41(35-14-8-16-38-39(35)33-13-6-7-15-37(33)43-38)30-22-24-36-34(25-30)32-23-19-28-11-4-5-12-31(28)40(32)42-36/h1-25H. The average Bonchev–Trinajstić information content (AvgIpc) is 3.64. The van der Waals surface area contributed by atoms with E-state index in [1.165, 1.54) is 42.4 Å². The van der Waals surface area contributed by atoms with E-state index < -0.39 is 0 Å². The molecule has 0 saturated carbocycles. The molecule has 0 aliphatic heterocycles. The summed E-state index contributed by atoms with van der Waals surface area (Å²) in [7, 11) is 0. The summed E-state index contributed by atoms with van der Waals surface area (Å²) in [6.07, 6.45) is 0. The van der Waals surface area contributed by atoms with E-state index in [4.69, 9.17) is 4.42 Å². The molecule has 43 heavy (non-hydrogen) atoms. The quantitative estimate of drug-likeness (QED) is 0.210. The third-order valence-corrected chi connectivity index (χ3v) is 9.59. The van der Waals surface area contributed by atoms with Crippen LogP contribution in [0.2, 0.25) is 0 Å². The monoisotopic (exact) mass is 567 g/mol. The highest BCUT2D eigenvalue weighted by Crippen LogP contribution is 2.46. The molecule has 0 saturated heterocycles. The number of thiophene rings is 1. The highest BCUT2D eigenvalue weighted by Gasteiger charge is 2.20. The van der Waals surface area contributed by atoms with Crippen molar-refractivity contribution in [2.45, 2.75) is 0 Å². The molecule has 0 N–H and O–H groups in total. The van der Waals surface area contributed by atoms with Gasteiger partial charge in [-0.25, -0.2) is 0 Å². The first kappa shape index (κ1) is 24.2. The summed E-state index contributed by atoms with van der Waals surface area (Å²) in [6.45, 7) is 0. The predicted octanol–water partition coefficient (Wildman–Crippen LogP) is 12.2. The second-order valence-electron chi connectivity index (χ2n) is 10.9. The fraction of sp³-hybridized carbons (Fsp3) is 0. The Kier molecular flexibility index (Phi) is 5.40. The Morgan fingerprint density at radius 1 is 0.465 bits per heavy atom. The summed E-state index contributed by atoms with van der Waals surface area (Å²) in [6, 6.07) is 54.3. The van der Waals surface area contributed by atoms with E-state index in [9.17, 15) is 0 Å². The van der Waals surface area contributed by atoms with Gasteiger partial charge in [-0.05, 0) is 71.1 Å². The van der Waals surface area contributed by atoms with Crippen LogP contribution in [0, 0.1) is 0 Å². The van der Waals surface area contributed by atoms with Gasteiger partial charge in [0.2, 0.25) is 0 Å². The largest absolute Gasteiger partial charge is 0.455 e. The maximum absolute atomic E-state index is 6.48. The van der Waals surface area contributed by atoms with Crippen LogP contribution >= 0.6 is 11.3 Å². The van der Waals surface area contributed by atoms with E-state index in [-0.39, 0.29) is 0 Å². The van der Waals surface area contributed by atoms with Gasteiger partial charge in [-0.3, -0.25) is 0 Å². The lowest BCUT2D eigenvalue weighted by atomic mass is 10.0. The molecule has 3 heteroatoms. The van der Waals surface area contributed by atoms with Crippen molar-refractivity contribution in [3.05, 3.63) is 152 Å². The number of hydrogen-bond acceptors (Lipinski definition) is 3. The SMILES string of the molecule is c1ccc(-c2ccc(N(c3ccc4oc5c6ccccc6ccc5c4c3)c3cccc4sc5ccccc5c34)cc2)cc1. The van der Waals surface area contributed by atoms with Crippen LogP contribution in [0.15, 0.2) is 156 Å². The zero-order valence-corrected chi connectivity index (χ0v) is 24.0. The summed E-state index contributed by atoms with van der Waals surface area (Å²) in [5.41, 5.74) is 7.62. The van der Waals surface area contributed by atoms with E-state index >= 15 is 0 Å². The second-order valence-corrected chi connectivity index (χ2v) is 12.0. The van der Waals surface area contributed by atoms with Crippen LogP contribution in [-0.4, -0.2) is 0 Å². The van der Waals surface area contributed by atoms with Gasteiger partial charge >= 0.3 is 0 Å². The lowest BCUT2D eigenvalue weighted by Gasteiger charge is -2.27. The third-order valence-electron chi connectivity index (χ3n) is 8.46. The van der Waals surface area contributed by atoms with E-state index in [2.05, 4.69) is 157 Å². The number of rotatable bonds is 4. The summed E-state index contributed by atoms with van der Waals surface area (Å²) >= 11 is 1.85. The molecule has 7 aromatic carbocycles. The average molecular weight is 568 g/mol. The summed E-state index contributed by atoms with van der Waals surface area (Å²) < 4.78 is 9.06. The van der Waals surface area contributed by atoms with Gasteiger partial charge in [0.25, 0.3) is 0 Å². The number of furan rings is 1. The van der Waals surface area contributed by atoms with E-state index in [1.807, 2.05) is 11.3 Å². The first-order valence-electron chi connectivity index (χ1n) is 14.5. The Bertz CT molecular complexity index is 2450. The topological polar surface area (TPSA) is 16.4 Å². The molecule has 0 atom stereocenters. The highest BCUT2D eigenvalue weighted by molar-refractivity contribution is 7.26. The first-order valence-corrected chi connectivity index (χ1v) is 15.3. The van der Waals surface area contributed by atoms with Crippen LogP contribution in [0.3, 0.4) is 0 Å². The minimum atomic E-state index is 0.897. The zero-order chi connectivity index (χ0) is 28.3. The van der Waals surface area contributed by atoms with E-state index in [0.717, 1.165) is 38.7 Å². The molecule has 2 nitrogen and oxygen atoms in total. The molecule has 0 aliphatic carbocycles. The van der Waals surface area contributed by atoms with Gasteiger partial charge in [-0.1, -0.05) is 97.1 Å². The first-order chi connectivity index (χ1) is 21.3. The van der Waals surface area contributed by atoms with Crippen molar-refractivity contribution in [1.82, 2.24) is 0 Å². The molecular formula is C40H25NOS. The molecule has 0 bridgehead atoms. The van der Waals surface area contributed by atoms with Crippen LogP contribution in [-0.2, 0) is 0 Å². The van der Waals surface area contributed by atoms with Crippen LogP contribution in [0.1, 0.15) is 0 Å². The summed E-state index contributed by atoms with van der Waals surface area (Å²) in [5.74, 6) is 0. The molecule has 202 valence electrons. The lowest BCUT2D eigenvalue weighted by molar-refractivity contribution is 0.672. The Hall–Kier alpha value is -5.38. The third kappa shape index (κ3) is 3.86.